The maximum Gasteiger partial charge on any atom is 0.416 e. The molecular formula is C8H5ClF3O2S-. The molecule has 0 aromatic heterocycles. The molecule has 0 heterocycles. The van der Waals surface area contributed by atoms with Gasteiger partial charge < -0.3 is 4.55 Å². The van der Waals surface area contributed by atoms with Gasteiger partial charge in [0.25, 0.3) is 0 Å². The van der Waals surface area contributed by atoms with E-state index in [2.05, 4.69) is 0 Å². The van der Waals surface area contributed by atoms with Crippen molar-refractivity contribution in [2.24, 2.45) is 0 Å². The third-order valence-electron chi connectivity index (χ3n) is 1.69. The van der Waals surface area contributed by atoms with E-state index in [9.17, 15) is 21.9 Å². The van der Waals surface area contributed by atoms with Crippen LogP contribution in [0.5, 0.6) is 0 Å². The maximum atomic E-state index is 12.4. The Labute approximate surface area is 91.3 Å². The third kappa shape index (κ3) is 3.19. The summed E-state index contributed by atoms with van der Waals surface area (Å²) >= 11 is 2.90. The lowest BCUT2D eigenvalue weighted by Crippen LogP contribution is -2.11. The number of hydrogen-bond acceptors (Lipinski definition) is 2. The molecular weight excluding hydrogens is 253 g/mol. The molecule has 1 unspecified atom stereocenters. The molecule has 0 saturated heterocycles. The van der Waals surface area contributed by atoms with Gasteiger partial charge in [0.1, 0.15) is 0 Å². The van der Waals surface area contributed by atoms with Gasteiger partial charge in [0.05, 0.1) is 5.56 Å². The van der Waals surface area contributed by atoms with E-state index in [-0.39, 0.29) is 5.02 Å². The lowest BCUT2D eigenvalue weighted by molar-refractivity contribution is -0.138. The monoisotopic (exact) mass is 257 g/mol. The van der Waals surface area contributed by atoms with E-state index in [0.29, 0.717) is 0 Å². The van der Waals surface area contributed by atoms with Crippen LogP contribution in [0.4, 0.5) is 13.2 Å². The summed E-state index contributed by atoms with van der Waals surface area (Å²) in [5.74, 6) is -0.742. The van der Waals surface area contributed by atoms with E-state index in [1.807, 2.05) is 0 Å². The Balaban J connectivity index is 3.26. The highest BCUT2D eigenvalue weighted by molar-refractivity contribution is 7.78. The molecule has 1 aromatic rings. The van der Waals surface area contributed by atoms with Crippen molar-refractivity contribution in [2.75, 3.05) is 0 Å². The second-order valence-corrected chi connectivity index (χ2v) is 4.02. The SMILES string of the molecule is O=S([O-])Cc1c(Cl)cccc1C(F)(F)F. The minimum absolute atomic E-state index is 0.200. The van der Waals surface area contributed by atoms with Crippen LogP contribution in [0.3, 0.4) is 0 Å². The highest BCUT2D eigenvalue weighted by Crippen LogP contribution is 2.35. The zero-order chi connectivity index (χ0) is 11.6. The van der Waals surface area contributed by atoms with Gasteiger partial charge in [-0.1, -0.05) is 28.7 Å². The number of halogens is 4. The first-order chi connectivity index (χ1) is 6.82. The van der Waals surface area contributed by atoms with Crippen LogP contribution < -0.4 is 0 Å². The first-order valence-electron chi connectivity index (χ1n) is 3.73. The van der Waals surface area contributed by atoms with Crippen LogP contribution in [0.2, 0.25) is 5.02 Å². The molecule has 0 spiro atoms. The Morgan fingerprint density at radius 2 is 2.00 bits per heavy atom. The highest BCUT2D eigenvalue weighted by atomic mass is 35.5. The van der Waals surface area contributed by atoms with Crippen LogP contribution in [0.1, 0.15) is 11.1 Å². The Hall–Kier alpha value is -0.590. The summed E-state index contributed by atoms with van der Waals surface area (Å²) in [7, 11) is 0. The van der Waals surface area contributed by atoms with Gasteiger partial charge in [-0.25, -0.2) is 0 Å². The van der Waals surface area contributed by atoms with Crippen molar-refractivity contribution < 1.29 is 21.9 Å². The molecule has 1 atom stereocenters. The molecule has 0 radical (unpaired) electrons. The summed E-state index contributed by atoms with van der Waals surface area (Å²) in [5, 5.41) is -0.200. The maximum absolute atomic E-state index is 12.4. The van der Waals surface area contributed by atoms with Gasteiger partial charge >= 0.3 is 6.18 Å². The van der Waals surface area contributed by atoms with Crippen LogP contribution in [0, 0.1) is 0 Å². The quantitative estimate of drug-likeness (QED) is 0.765. The van der Waals surface area contributed by atoms with E-state index >= 15 is 0 Å². The molecule has 7 heteroatoms. The smallest absolute Gasteiger partial charge is 0.416 e. The minimum Gasteiger partial charge on any atom is -0.772 e. The lowest BCUT2D eigenvalue weighted by atomic mass is 10.1. The van der Waals surface area contributed by atoms with Gasteiger partial charge in [-0.2, -0.15) is 13.2 Å². The minimum atomic E-state index is -4.60. The van der Waals surface area contributed by atoms with Crippen molar-refractivity contribution in [1.29, 1.82) is 0 Å². The van der Waals surface area contributed by atoms with E-state index in [4.69, 9.17) is 11.6 Å². The normalized spacial score (nSPS) is 13.9. The molecule has 1 aromatic carbocycles. The topological polar surface area (TPSA) is 40.1 Å². The second-order valence-electron chi connectivity index (χ2n) is 2.71. The first kappa shape index (κ1) is 12.5. The van der Waals surface area contributed by atoms with Crippen molar-refractivity contribution in [1.82, 2.24) is 0 Å². The van der Waals surface area contributed by atoms with Crippen LogP contribution in [0.25, 0.3) is 0 Å². The number of alkyl halides is 3. The standard InChI is InChI=1S/C8H6ClF3O2S/c9-7-3-1-2-6(8(10,11)12)5(7)4-15(13)14/h1-3H,4H2,(H,13,14)/p-1. The van der Waals surface area contributed by atoms with Crippen LogP contribution in [-0.4, -0.2) is 8.76 Å². The molecule has 0 aliphatic rings. The third-order valence-corrected chi connectivity index (χ3v) is 2.56. The van der Waals surface area contributed by atoms with Gasteiger partial charge in [-0.15, -0.1) is 0 Å². The van der Waals surface area contributed by atoms with Crippen molar-refractivity contribution in [3.05, 3.63) is 34.3 Å². The molecule has 2 nitrogen and oxygen atoms in total. The Morgan fingerprint density at radius 1 is 1.40 bits per heavy atom. The summed E-state index contributed by atoms with van der Waals surface area (Å²) in [5.41, 5.74) is -1.43. The Kier molecular flexibility index (Phi) is 3.75. The number of rotatable bonds is 2. The van der Waals surface area contributed by atoms with Crippen molar-refractivity contribution in [3.8, 4) is 0 Å². The summed E-state index contributed by atoms with van der Waals surface area (Å²) in [6.07, 6.45) is -4.60. The zero-order valence-electron chi connectivity index (χ0n) is 7.18. The predicted molar refractivity (Wildman–Crippen MR) is 49.1 cm³/mol. The average Bonchev–Trinajstić information content (AvgIpc) is 2.05. The molecule has 15 heavy (non-hydrogen) atoms. The Morgan fingerprint density at radius 3 is 2.47 bits per heavy atom. The van der Waals surface area contributed by atoms with Crippen molar-refractivity contribution in [3.63, 3.8) is 0 Å². The van der Waals surface area contributed by atoms with Crippen LogP contribution in [0.15, 0.2) is 18.2 Å². The van der Waals surface area contributed by atoms with E-state index in [1.165, 1.54) is 6.07 Å². The summed E-state index contributed by atoms with van der Waals surface area (Å²) in [6, 6.07) is 3.15. The summed E-state index contributed by atoms with van der Waals surface area (Å²) in [6.45, 7) is 0. The predicted octanol–water partition coefficient (Wildman–Crippen LogP) is 2.74. The fourth-order valence-corrected chi connectivity index (χ4v) is 1.96. The van der Waals surface area contributed by atoms with Gasteiger partial charge in [0.15, 0.2) is 0 Å². The number of hydrogen-bond donors (Lipinski definition) is 0. The molecule has 0 N–H and O–H groups in total. The van der Waals surface area contributed by atoms with Gasteiger partial charge in [-0.05, 0) is 17.7 Å². The lowest BCUT2D eigenvalue weighted by Gasteiger charge is -2.15. The largest absolute Gasteiger partial charge is 0.772 e. The van der Waals surface area contributed by atoms with Crippen LogP contribution >= 0.6 is 11.6 Å². The summed E-state index contributed by atoms with van der Waals surface area (Å²) in [4.78, 5) is 0. The molecule has 0 bridgehead atoms. The molecule has 0 aliphatic carbocycles. The van der Waals surface area contributed by atoms with Gasteiger partial charge in [0.2, 0.25) is 0 Å². The molecule has 0 amide bonds. The van der Waals surface area contributed by atoms with Gasteiger partial charge in [-0.3, -0.25) is 4.21 Å². The molecule has 0 saturated carbocycles. The van der Waals surface area contributed by atoms with Crippen molar-refractivity contribution >= 4 is 22.7 Å². The number of benzene rings is 1. The highest BCUT2D eigenvalue weighted by Gasteiger charge is 2.33. The van der Waals surface area contributed by atoms with Gasteiger partial charge in [0, 0.05) is 10.8 Å². The average molecular weight is 258 g/mol. The summed E-state index contributed by atoms with van der Waals surface area (Å²) < 4.78 is 58.0. The zero-order valence-corrected chi connectivity index (χ0v) is 8.75. The van der Waals surface area contributed by atoms with E-state index in [0.717, 1.165) is 12.1 Å². The first-order valence-corrected chi connectivity index (χ1v) is 5.35. The van der Waals surface area contributed by atoms with E-state index < -0.39 is 34.1 Å². The van der Waals surface area contributed by atoms with E-state index in [1.54, 1.807) is 0 Å². The fourth-order valence-electron chi connectivity index (χ4n) is 1.09. The molecule has 0 aliphatic heterocycles. The second kappa shape index (κ2) is 4.51. The molecule has 0 fully saturated rings. The van der Waals surface area contributed by atoms with Crippen LogP contribution in [-0.2, 0) is 23.0 Å². The fraction of sp³-hybridized carbons (Fsp3) is 0.250. The van der Waals surface area contributed by atoms with Crippen molar-refractivity contribution in [2.45, 2.75) is 11.9 Å². The molecule has 84 valence electrons. The Bertz CT molecular complexity index is 392. The molecule has 1 rings (SSSR count).